The molecule has 7 heteroatoms. The molecule has 3 rings (SSSR count). The van der Waals surface area contributed by atoms with Crippen molar-refractivity contribution >= 4 is 11.8 Å². The molecule has 0 fully saturated rings. The third-order valence-corrected chi connectivity index (χ3v) is 3.98. The van der Waals surface area contributed by atoms with Gasteiger partial charge in [0.1, 0.15) is 16.9 Å². The van der Waals surface area contributed by atoms with Crippen LogP contribution in [0.15, 0.2) is 45.3 Å². The number of nitrogens with zero attached hydrogens (tertiary/aromatic N) is 5. The highest BCUT2D eigenvalue weighted by Crippen LogP contribution is 2.28. The molecule has 0 bridgehead atoms. The maximum atomic E-state index is 8.77. The third kappa shape index (κ3) is 2.53. The lowest BCUT2D eigenvalue weighted by Crippen LogP contribution is -1.95. The van der Waals surface area contributed by atoms with Crippen molar-refractivity contribution in [3.05, 3.63) is 42.0 Å². The average Bonchev–Trinajstić information content (AvgIpc) is 3.07. The van der Waals surface area contributed by atoms with Crippen LogP contribution in [0.5, 0.6) is 0 Å². The monoisotopic (exact) mass is 297 g/mol. The molecule has 0 aliphatic heterocycles. The summed E-state index contributed by atoms with van der Waals surface area (Å²) in [5.41, 5.74) is 1.46. The predicted octanol–water partition coefficient (Wildman–Crippen LogP) is 2.80. The van der Waals surface area contributed by atoms with E-state index < -0.39 is 0 Å². The van der Waals surface area contributed by atoms with Crippen molar-refractivity contribution in [3.63, 3.8) is 0 Å². The lowest BCUT2D eigenvalue weighted by molar-refractivity contribution is 0.534. The van der Waals surface area contributed by atoms with E-state index in [1.54, 1.807) is 24.6 Å². The zero-order valence-electron chi connectivity index (χ0n) is 11.4. The van der Waals surface area contributed by atoms with E-state index in [1.807, 2.05) is 30.7 Å². The van der Waals surface area contributed by atoms with Gasteiger partial charge in [-0.2, -0.15) is 5.26 Å². The van der Waals surface area contributed by atoms with Crippen molar-refractivity contribution in [1.82, 2.24) is 19.7 Å². The van der Waals surface area contributed by atoms with Gasteiger partial charge in [-0.25, -0.2) is 4.98 Å². The zero-order valence-corrected chi connectivity index (χ0v) is 12.3. The first-order chi connectivity index (χ1) is 10.2. The van der Waals surface area contributed by atoms with Gasteiger partial charge < -0.3 is 8.98 Å². The molecule has 6 nitrogen and oxygen atoms in total. The van der Waals surface area contributed by atoms with Gasteiger partial charge in [-0.1, -0.05) is 0 Å². The Morgan fingerprint density at radius 2 is 2.14 bits per heavy atom. The summed E-state index contributed by atoms with van der Waals surface area (Å²) in [4.78, 5) is 4.22. The molecule has 0 spiro atoms. The Morgan fingerprint density at radius 1 is 1.29 bits per heavy atom. The van der Waals surface area contributed by atoms with Crippen LogP contribution in [0.2, 0.25) is 0 Å². The minimum Gasteiger partial charge on any atom is -0.469 e. The largest absolute Gasteiger partial charge is 0.469 e. The topological polar surface area (TPSA) is 80.5 Å². The minimum absolute atomic E-state index is 0.534. The second-order valence-corrected chi connectivity index (χ2v) is 5.34. The van der Waals surface area contributed by atoms with Gasteiger partial charge in [0.05, 0.1) is 17.4 Å². The standard InChI is InChI=1S/C14H11N5OS/c1-9-11(5-6-20-9)13-17-18-14(19(13)2)21-12-4-3-10(7-15)8-16-12/h3-6,8H,1-2H3. The van der Waals surface area contributed by atoms with Gasteiger partial charge in [-0.05, 0) is 36.9 Å². The summed E-state index contributed by atoms with van der Waals surface area (Å²) in [6.45, 7) is 1.89. The van der Waals surface area contributed by atoms with Crippen molar-refractivity contribution in [1.29, 1.82) is 5.26 Å². The van der Waals surface area contributed by atoms with Crippen LogP contribution in [0.4, 0.5) is 0 Å². The van der Waals surface area contributed by atoms with E-state index in [-0.39, 0.29) is 0 Å². The Kier molecular flexibility index (Phi) is 3.46. The number of pyridine rings is 1. The van der Waals surface area contributed by atoms with Gasteiger partial charge in [0.15, 0.2) is 11.0 Å². The van der Waals surface area contributed by atoms with E-state index in [0.717, 1.165) is 27.3 Å². The molecule has 3 aromatic rings. The van der Waals surface area contributed by atoms with Gasteiger partial charge in [-0.15, -0.1) is 10.2 Å². The summed E-state index contributed by atoms with van der Waals surface area (Å²) in [6, 6.07) is 7.43. The van der Waals surface area contributed by atoms with Crippen molar-refractivity contribution in [2.75, 3.05) is 0 Å². The number of nitriles is 1. The Bertz CT molecular complexity index is 813. The van der Waals surface area contributed by atoms with E-state index in [0.29, 0.717) is 5.56 Å². The Morgan fingerprint density at radius 3 is 2.76 bits per heavy atom. The molecule has 104 valence electrons. The number of hydrogen-bond donors (Lipinski definition) is 0. The first-order valence-corrected chi connectivity index (χ1v) is 6.98. The first kappa shape index (κ1) is 13.4. The molecule has 0 amide bonds. The number of aryl methyl sites for hydroxylation is 1. The molecule has 0 unspecified atom stereocenters. The van der Waals surface area contributed by atoms with E-state index >= 15 is 0 Å². The predicted molar refractivity (Wildman–Crippen MR) is 76.5 cm³/mol. The number of furan rings is 1. The molecule has 3 aromatic heterocycles. The zero-order chi connectivity index (χ0) is 14.8. The highest BCUT2D eigenvalue weighted by molar-refractivity contribution is 7.99. The number of hydrogen-bond acceptors (Lipinski definition) is 6. The van der Waals surface area contributed by atoms with Gasteiger partial charge in [-0.3, -0.25) is 0 Å². The highest BCUT2D eigenvalue weighted by Gasteiger charge is 2.15. The molecular formula is C14H11N5OS. The first-order valence-electron chi connectivity index (χ1n) is 6.17. The molecule has 3 heterocycles. The Labute approximate surface area is 125 Å². The summed E-state index contributed by atoms with van der Waals surface area (Å²) < 4.78 is 7.19. The van der Waals surface area contributed by atoms with Gasteiger partial charge >= 0.3 is 0 Å². The van der Waals surface area contributed by atoms with Crippen LogP contribution >= 0.6 is 11.8 Å². The fraction of sp³-hybridized carbons (Fsp3) is 0.143. The lowest BCUT2D eigenvalue weighted by atomic mass is 10.2. The van der Waals surface area contributed by atoms with Gasteiger partial charge in [0.2, 0.25) is 0 Å². The van der Waals surface area contributed by atoms with Crippen molar-refractivity contribution in [3.8, 4) is 17.5 Å². The minimum atomic E-state index is 0.534. The average molecular weight is 297 g/mol. The smallest absolute Gasteiger partial charge is 0.197 e. The second-order valence-electron chi connectivity index (χ2n) is 4.35. The summed E-state index contributed by atoms with van der Waals surface area (Å²) >= 11 is 1.40. The Hall–Kier alpha value is -2.59. The molecule has 0 atom stereocenters. The summed E-state index contributed by atoms with van der Waals surface area (Å²) in [5.74, 6) is 1.55. The molecule has 0 N–H and O–H groups in total. The van der Waals surface area contributed by atoms with Crippen LogP contribution < -0.4 is 0 Å². The summed E-state index contributed by atoms with van der Waals surface area (Å²) in [5, 5.41) is 18.6. The molecule has 0 saturated carbocycles. The van der Waals surface area contributed by atoms with Crippen molar-refractivity contribution < 1.29 is 4.42 Å². The fourth-order valence-corrected chi connectivity index (χ4v) is 2.59. The molecular weight excluding hydrogens is 286 g/mol. The molecule has 0 aliphatic carbocycles. The third-order valence-electron chi connectivity index (χ3n) is 3.00. The maximum absolute atomic E-state index is 8.77. The van der Waals surface area contributed by atoms with Gasteiger partial charge in [0, 0.05) is 13.2 Å². The van der Waals surface area contributed by atoms with Crippen LogP contribution in [0, 0.1) is 18.3 Å². The van der Waals surface area contributed by atoms with Crippen LogP contribution in [0.3, 0.4) is 0 Å². The van der Waals surface area contributed by atoms with Crippen molar-refractivity contribution in [2.24, 2.45) is 7.05 Å². The highest BCUT2D eigenvalue weighted by atomic mass is 32.2. The van der Waals surface area contributed by atoms with E-state index in [9.17, 15) is 0 Å². The molecule has 0 saturated heterocycles. The van der Waals surface area contributed by atoms with Crippen LogP contribution in [0.25, 0.3) is 11.4 Å². The fourth-order valence-electron chi connectivity index (χ4n) is 1.86. The lowest BCUT2D eigenvalue weighted by Gasteiger charge is -2.02. The second kappa shape index (κ2) is 5.42. The van der Waals surface area contributed by atoms with E-state index in [4.69, 9.17) is 9.68 Å². The SMILES string of the molecule is Cc1occc1-c1nnc(Sc2ccc(C#N)cn2)n1C. The normalized spacial score (nSPS) is 10.5. The quantitative estimate of drug-likeness (QED) is 0.739. The van der Waals surface area contributed by atoms with Crippen LogP contribution in [-0.4, -0.2) is 19.7 Å². The van der Waals surface area contributed by atoms with Crippen molar-refractivity contribution in [2.45, 2.75) is 17.1 Å². The van der Waals surface area contributed by atoms with Gasteiger partial charge in [0.25, 0.3) is 0 Å². The van der Waals surface area contributed by atoms with E-state index in [2.05, 4.69) is 15.2 Å². The van der Waals surface area contributed by atoms with Crippen LogP contribution in [-0.2, 0) is 7.05 Å². The summed E-state index contributed by atoms with van der Waals surface area (Å²) in [6.07, 6.45) is 3.17. The Balaban J connectivity index is 1.89. The molecule has 0 aromatic carbocycles. The molecule has 21 heavy (non-hydrogen) atoms. The maximum Gasteiger partial charge on any atom is 0.197 e. The number of aromatic nitrogens is 4. The molecule has 0 aliphatic rings. The summed E-state index contributed by atoms with van der Waals surface area (Å²) in [7, 11) is 1.90. The molecule has 0 radical (unpaired) electrons. The number of rotatable bonds is 3. The van der Waals surface area contributed by atoms with E-state index in [1.165, 1.54) is 11.8 Å². The van der Waals surface area contributed by atoms with Crippen LogP contribution in [0.1, 0.15) is 11.3 Å².